The van der Waals surface area contributed by atoms with Gasteiger partial charge in [0.25, 0.3) is 11.8 Å². The third-order valence-electron chi connectivity index (χ3n) is 14.6. The number of hydrogen-bond acceptors (Lipinski definition) is 12. The Labute approximate surface area is 387 Å². The van der Waals surface area contributed by atoms with Crippen molar-refractivity contribution in [2.24, 2.45) is 0 Å². The van der Waals surface area contributed by atoms with Gasteiger partial charge in [0.05, 0.1) is 19.0 Å². The lowest BCUT2D eigenvalue weighted by Gasteiger charge is -2.43. The van der Waals surface area contributed by atoms with Crippen LogP contribution in [0.1, 0.15) is 129 Å². The Morgan fingerprint density at radius 3 is 2.44 bits per heavy atom. The number of carbonyl (C=O) groups is 5. The number of anilines is 4. The van der Waals surface area contributed by atoms with E-state index in [0.717, 1.165) is 107 Å². The third-order valence-corrected chi connectivity index (χ3v) is 14.6. The first-order valence-corrected chi connectivity index (χ1v) is 24.0. The number of aromatic nitrogens is 2. The van der Waals surface area contributed by atoms with E-state index in [9.17, 15) is 24.0 Å². The molecule has 5 amide bonds. The summed E-state index contributed by atoms with van der Waals surface area (Å²) in [4.78, 5) is 81.6. The van der Waals surface area contributed by atoms with Gasteiger partial charge in [-0.25, -0.2) is 4.98 Å². The topological polar surface area (TPSA) is 181 Å². The van der Waals surface area contributed by atoms with Gasteiger partial charge in [-0.1, -0.05) is 37.7 Å². The van der Waals surface area contributed by atoms with E-state index in [0.29, 0.717) is 65.7 Å². The number of fused-ring (bicyclic) bond motifs is 2. The Balaban J connectivity index is 0.712. The number of piperidine rings is 2. The molecule has 3 aromatic rings. The average molecular weight is 899 g/mol. The fraction of sp³-hybridized carbons (Fsp3) is 0.540. The molecule has 348 valence electrons. The molecule has 4 fully saturated rings. The minimum atomic E-state index is -0.639. The van der Waals surface area contributed by atoms with Crippen molar-refractivity contribution in [2.75, 3.05) is 48.9 Å². The Bertz CT molecular complexity index is 2410. The number of carbonyl (C=O) groups excluding carboxylic acids is 5. The van der Waals surface area contributed by atoms with Crippen LogP contribution in [0, 0.1) is 11.8 Å². The molecule has 2 atom stereocenters. The average Bonchev–Trinajstić information content (AvgIpc) is 3.98. The monoisotopic (exact) mass is 898 g/mol. The Morgan fingerprint density at radius 1 is 0.939 bits per heavy atom. The van der Waals surface area contributed by atoms with Crippen LogP contribution < -0.4 is 35.8 Å². The van der Waals surface area contributed by atoms with Crippen molar-refractivity contribution < 1.29 is 28.7 Å². The minimum absolute atomic E-state index is 0.0742. The van der Waals surface area contributed by atoms with Crippen molar-refractivity contribution in [1.29, 1.82) is 0 Å². The number of likely N-dealkylation sites (tertiary alicyclic amines) is 1. The SMILES string of the molecule is CC[C@@H]1C(=O)N(C)c2cnc(Nc3ccc(C(=O)NC4CCC(NC5CCN(CCC#Cc6cccc7c6CN(C6CCC(=O)NC6=O)C7=O)CC5)CC4)cc3OC)nc2N1C1CCCC1. The normalized spacial score (nSPS) is 23.8. The summed E-state index contributed by atoms with van der Waals surface area (Å²) in [5.41, 5.74) is 4.14. The number of nitrogens with one attached hydrogen (secondary N) is 4. The van der Waals surface area contributed by atoms with Gasteiger partial charge in [-0.15, -0.1) is 0 Å². The number of nitrogens with zero attached hydrogens (tertiary/aromatic N) is 6. The number of likely N-dealkylation sites (N-methyl/N-ethyl adjacent to an activating group) is 1. The summed E-state index contributed by atoms with van der Waals surface area (Å²) in [6, 6.07) is 11.3. The molecule has 4 aliphatic heterocycles. The van der Waals surface area contributed by atoms with E-state index in [4.69, 9.17) is 9.72 Å². The maximum atomic E-state index is 13.5. The molecule has 2 saturated heterocycles. The van der Waals surface area contributed by atoms with Gasteiger partial charge in [0.15, 0.2) is 5.82 Å². The molecule has 1 unspecified atom stereocenters. The van der Waals surface area contributed by atoms with Gasteiger partial charge in [0, 0.05) is 73.8 Å². The van der Waals surface area contributed by atoms with Crippen LogP contribution in [-0.2, 0) is 20.9 Å². The van der Waals surface area contributed by atoms with Crippen LogP contribution in [0.3, 0.4) is 0 Å². The number of methoxy groups -OCH3 is 1. The van der Waals surface area contributed by atoms with Gasteiger partial charge < -0.3 is 40.3 Å². The third kappa shape index (κ3) is 9.46. The summed E-state index contributed by atoms with van der Waals surface area (Å²) in [6.07, 6.45) is 14.1. The number of amides is 5. The number of rotatable bonds is 12. The van der Waals surface area contributed by atoms with Crippen molar-refractivity contribution in [3.05, 3.63) is 64.8 Å². The van der Waals surface area contributed by atoms with Gasteiger partial charge in [-0.3, -0.25) is 29.3 Å². The molecule has 9 rings (SSSR count). The molecule has 16 heteroatoms. The van der Waals surface area contributed by atoms with Crippen molar-refractivity contribution in [3.8, 4) is 17.6 Å². The highest BCUT2D eigenvalue weighted by molar-refractivity contribution is 6.06. The number of benzene rings is 2. The smallest absolute Gasteiger partial charge is 0.255 e. The molecule has 1 aromatic heterocycles. The molecule has 66 heavy (non-hydrogen) atoms. The van der Waals surface area contributed by atoms with Crippen LogP contribution in [0.15, 0.2) is 42.6 Å². The van der Waals surface area contributed by atoms with Crippen LogP contribution in [-0.4, -0.2) is 119 Å². The molecule has 16 nitrogen and oxygen atoms in total. The van der Waals surface area contributed by atoms with Crippen LogP contribution in [0.4, 0.5) is 23.1 Å². The summed E-state index contributed by atoms with van der Waals surface area (Å²) in [7, 11) is 3.38. The first-order chi connectivity index (χ1) is 32.1. The number of hydrogen-bond donors (Lipinski definition) is 4. The lowest BCUT2D eigenvalue weighted by atomic mass is 9.89. The molecule has 2 aliphatic carbocycles. The first-order valence-electron chi connectivity index (χ1n) is 24.0. The quantitative estimate of drug-likeness (QED) is 0.141. The predicted molar refractivity (Wildman–Crippen MR) is 251 cm³/mol. The molecule has 0 bridgehead atoms. The molecule has 2 aromatic carbocycles. The van der Waals surface area contributed by atoms with Crippen molar-refractivity contribution in [3.63, 3.8) is 0 Å². The number of imide groups is 1. The molecule has 0 spiro atoms. The van der Waals surface area contributed by atoms with Gasteiger partial charge >= 0.3 is 0 Å². The molecule has 2 saturated carbocycles. The zero-order valence-electron chi connectivity index (χ0n) is 38.4. The molecule has 5 heterocycles. The maximum Gasteiger partial charge on any atom is 0.255 e. The fourth-order valence-corrected chi connectivity index (χ4v) is 10.9. The highest BCUT2D eigenvalue weighted by atomic mass is 16.5. The van der Waals surface area contributed by atoms with Gasteiger partial charge in [-0.05, 0) is 113 Å². The Morgan fingerprint density at radius 2 is 1.70 bits per heavy atom. The van der Waals surface area contributed by atoms with Crippen LogP contribution in [0.2, 0.25) is 0 Å². The fourth-order valence-electron chi connectivity index (χ4n) is 10.9. The molecule has 0 radical (unpaired) electrons. The lowest BCUT2D eigenvalue weighted by Crippen LogP contribution is -2.55. The molecule has 4 N–H and O–H groups in total. The minimum Gasteiger partial charge on any atom is -0.495 e. The van der Waals surface area contributed by atoms with Gasteiger partial charge in [0.2, 0.25) is 23.7 Å². The van der Waals surface area contributed by atoms with Gasteiger partial charge in [-0.2, -0.15) is 4.98 Å². The standard InChI is InChI=1S/C50H62N10O6/c1-4-40-49(65)57(2)42-29-51-50(56-45(42)60(40)36-12-5-6-13-36)54-39-20-15-32(28-43(39)66-3)46(62)53-34-18-16-33(17-19-34)52-35-23-26-58(27-24-35)25-8-7-10-31-11-9-14-37-38(31)30-59(48(37)64)41-21-22-44(61)55-47(41)63/h9,11,14-15,20,28-29,33-36,40-41,52H,4-6,8,12-13,16-19,21-27,30H2,1-3H3,(H,53,62)(H,51,54,56)(H,55,61,63)/t33?,34?,40-,41?/m1/s1. The lowest BCUT2D eigenvalue weighted by molar-refractivity contribution is -0.137. The zero-order valence-corrected chi connectivity index (χ0v) is 38.4. The predicted octanol–water partition coefficient (Wildman–Crippen LogP) is 5.03. The van der Waals surface area contributed by atoms with E-state index >= 15 is 0 Å². The maximum absolute atomic E-state index is 13.5. The second-order valence-electron chi connectivity index (χ2n) is 18.7. The zero-order chi connectivity index (χ0) is 45.9. The summed E-state index contributed by atoms with van der Waals surface area (Å²) >= 11 is 0. The highest BCUT2D eigenvalue weighted by Crippen LogP contribution is 2.40. The largest absolute Gasteiger partial charge is 0.495 e. The van der Waals surface area contributed by atoms with Crippen LogP contribution in [0.25, 0.3) is 0 Å². The van der Waals surface area contributed by atoms with Crippen LogP contribution in [0.5, 0.6) is 5.75 Å². The van der Waals surface area contributed by atoms with Crippen molar-refractivity contribution in [2.45, 2.75) is 140 Å². The summed E-state index contributed by atoms with van der Waals surface area (Å²) < 4.78 is 5.75. The van der Waals surface area contributed by atoms with E-state index in [1.54, 1.807) is 48.4 Å². The van der Waals surface area contributed by atoms with E-state index in [-0.39, 0.29) is 48.2 Å². The summed E-state index contributed by atoms with van der Waals surface area (Å²) in [6.45, 7) is 5.28. The number of ether oxygens (including phenoxy) is 1. The second kappa shape index (κ2) is 19.8. The second-order valence-corrected chi connectivity index (χ2v) is 18.7. The van der Waals surface area contributed by atoms with Gasteiger partial charge in [0.1, 0.15) is 23.5 Å². The Hall–Kier alpha value is -6.05. The molecular weight excluding hydrogens is 837 g/mol. The molecule has 6 aliphatic rings. The summed E-state index contributed by atoms with van der Waals surface area (Å²) in [5.74, 6) is 7.38. The Kier molecular flexibility index (Phi) is 13.5. The van der Waals surface area contributed by atoms with E-state index in [1.807, 2.05) is 18.2 Å². The van der Waals surface area contributed by atoms with Crippen LogP contribution >= 0.6 is 0 Å². The van der Waals surface area contributed by atoms with Crippen molar-refractivity contribution >= 4 is 52.7 Å². The first kappa shape index (κ1) is 45.1. The van der Waals surface area contributed by atoms with E-state index in [2.05, 4.69) is 54.8 Å². The molecular formula is C50H62N10O6. The summed E-state index contributed by atoms with van der Waals surface area (Å²) in [5, 5.41) is 12.9. The van der Waals surface area contributed by atoms with E-state index in [1.165, 1.54) is 0 Å². The highest BCUT2D eigenvalue weighted by Gasteiger charge is 2.42. The van der Waals surface area contributed by atoms with Crippen molar-refractivity contribution in [1.82, 2.24) is 35.7 Å². The van der Waals surface area contributed by atoms with E-state index < -0.39 is 11.9 Å².